The van der Waals surface area contributed by atoms with Crippen molar-refractivity contribution in [1.29, 1.82) is 0 Å². The molecule has 0 saturated heterocycles. The van der Waals surface area contributed by atoms with Gasteiger partial charge in [-0.25, -0.2) is 8.42 Å². The Morgan fingerprint density at radius 1 is 0.947 bits per heavy atom. The molecule has 5 heteroatoms. The Labute approximate surface area is 122 Å². The molecule has 0 unspecified atom stereocenters. The SMILES string of the molecule is O=S(=O)(C=Cc1ccccc1)c1ccc(Cl)cc1Cl. The van der Waals surface area contributed by atoms with Crippen molar-refractivity contribution in [2.75, 3.05) is 0 Å². The molecule has 2 nitrogen and oxygen atoms in total. The highest BCUT2D eigenvalue weighted by molar-refractivity contribution is 7.94. The number of benzene rings is 2. The lowest BCUT2D eigenvalue weighted by molar-refractivity contribution is 0.605. The van der Waals surface area contributed by atoms with Crippen LogP contribution in [-0.4, -0.2) is 8.42 Å². The van der Waals surface area contributed by atoms with Gasteiger partial charge < -0.3 is 0 Å². The molecule has 2 aromatic carbocycles. The largest absolute Gasteiger partial charge is 0.219 e. The van der Waals surface area contributed by atoms with Gasteiger partial charge in [0.05, 0.1) is 9.92 Å². The summed E-state index contributed by atoms with van der Waals surface area (Å²) in [7, 11) is -3.58. The van der Waals surface area contributed by atoms with Crippen molar-refractivity contribution in [3.05, 3.63) is 69.5 Å². The Balaban J connectivity index is 2.36. The molecular formula is C14H10Cl2O2S. The van der Waals surface area contributed by atoms with E-state index in [0.29, 0.717) is 5.02 Å². The summed E-state index contributed by atoms with van der Waals surface area (Å²) in [6, 6.07) is 13.5. The summed E-state index contributed by atoms with van der Waals surface area (Å²) in [5.74, 6) is 0. The van der Waals surface area contributed by atoms with Crippen LogP contribution in [0.4, 0.5) is 0 Å². The zero-order valence-corrected chi connectivity index (χ0v) is 12.1. The molecule has 19 heavy (non-hydrogen) atoms. The lowest BCUT2D eigenvalue weighted by Gasteiger charge is -2.02. The number of sulfone groups is 1. The Morgan fingerprint density at radius 3 is 2.26 bits per heavy atom. The van der Waals surface area contributed by atoms with E-state index in [-0.39, 0.29) is 9.92 Å². The fourth-order valence-electron chi connectivity index (χ4n) is 1.51. The Kier molecular flexibility index (Phi) is 4.30. The van der Waals surface area contributed by atoms with Crippen molar-refractivity contribution >= 4 is 39.1 Å². The van der Waals surface area contributed by atoms with Crippen LogP contribution >= 0.6 is 23.2 Å². The first-order valence-electron chi connectivity index (χ1n) is 5.42. The van der Waals surface area contributed by atoms with Gasteiger partial charge >= 0.3 is 0 Å². The van der Waals surface area contributed by atoms with E-state index >= 15 is 0 Å². The third-order valence-corrected chi connectivity index (χ3v) is 4.56. The number of halogens is 2. The minimum Gasteiger partial charge on any atom is -0.219 e. The summed E-state index contributed by atoms with van der Waals surface area (Å²) in [4.78, 5) is 0.0470. The van der Waals surface area contributed by atoms with Crippen LogP contribution in [0, 0.1) is 0 Å². The van der Waals surface area contributed by atoms with Gasteiger partial charge in [0.15, 0.2) is 0 Å². The van der Waals surface area contributed by atoms with E-state index in [1.165, 1.54) is 24.3 Å². The lowest BCUT2D eigenvalue weighted by Crippen LogP contribution is -1.97. The standard InChI is InChI=1S/C14H10Cl2O2S/c15-12-6-7-14(13(16)10-12)19(17,18)9-8-11-4-2-1-3-5-11/h1-10H. The summed E-state index contributed by atoms with van der Waals surface area (Å²) in [6.45, 7) is 0. The molecule has 2 rings (SSSR count). The highest BCUT2D eigenvalue weighted by atomic mass is 35.5. The van der Waals surface area contributed by atoms with Gasteiger partial charge in [-0.2, -0.15) is 0 Å². The van der Waals surface area contributed by atoms with Gasteiger partial charge in [-0.1, -0.05) is 53.5 Å². The van der Waals surface area contributed by atoms with Gasteiger partial charge in [0, 0.05) is 10.4 Å². The van der Waals surface area contributed by atoms with Gasteiger partial charge in [0.1, 0.15) is 0 Å². The van der Waals surface area contributed by atoms with Crippen LogP contribution in [0.25, 0.3) is 6.08 Å². The molecule has 0 heterocycles. The molecule has 0 aliphatic carbocycles. The molecular weight excluding hydrogens is 303 g/mol. The van der Waals surface area contributed by atoms with Gasteiger partial charge in [0.25, 0.3) is 0 Å². The van der Waals surface area contributed by atoms with E-state index in [1.807, 2.05) is 30.3 Å². The van der Waals surface area contributed by atoms with Crippen LogP contribution in [0.3, 0.4) is 0 Å². The highest BCUT2D eigenvalue weighted by Gasteiger charge is 2.14. The molecule has 0 aliphatic heterocycles. The van der Waals surface area contributed by atoms with Crippen molar-refractivity contribution < 1.29 is 8.42 Å². The fourth-order valence-corrected chi connectivity index (χ4v) is 3.31. The van der Waals surface area contributed by atoms with Crippen molar-refractivity contribution in [2.45, 2.75) is 4.90 Å². The zero-order chi connectivity index (χ0) is 13.9. The summed E-state index contributed by atoms with van der Waals surface area (Å²) >= 11 is 11.6. The highest BCUT2D eigenvalue weighted by Crippen LogP contribution is 2.26. The second kappa shape index (κ2) is 5.78. The molecule has 0 amide bonds. The minimum atomic E-state index is -3.58. The Hall–Kier alpha value is -1.29. The van der Waals surface area contributed by atoms with Crippen molar-refractivity contribution in [2.24, 2.45) is 0 Å². The first kappa shape index (κ1) is 14.1. The minimum absolute atomic E-state index is 0.0470. The van der Waals surface area contributed by atoms with Crippen LogP contribution in [0.2, 0.25) is 10.0 Å². The van der Waals surface area contributed by atoms with E-state index in [1.54, 1.807) is 0 Å². The Morgan fingerprint density at radius 2 is 1.63 bits per heavy atom. The predicted molar refractivity (Wildman–Crippen MR) is 79.1 cm³/mol. The number of rotatable bonds is 3. The molecule has 0 atom stereocenters. The second-order valence-corrected chi connectivity index (χ2v) is 6.48. The normalized spacial score (nSPS) is 11.9. The van der Waals surface area contributed by atoms with Crippen LogP contribution in [0.15, 0.2) is 58.8 Å². The maximum atomic E-state index is 12.1. The van der Waals surface area contributed by atoms with Crippen LogP contribution in [-0.2, 0) is 9.84 Å². The van der Waals surface area contributed by atoms with Crippen molar-refractivity contribution in [1.82, 2.24) is 0 Å². The number of hydrogen-bond acceptors (Lipinski definition) is 2. The quantitative estimate of drug-likeness (QED) is 0.839. The Bertz CT molecular complexity index is 707. The molecule has 0 radical (unpaired) electrons. The van der Waals surface area contributed by atoms with Gasteiger partial charge in [0.2, 0.25) is 9.84 Å². The van der Waals surface area contributed by atoms with Crippen LogP contribution < -0.4 is 0 Å². The van der Waals surface area contributed by atoms with Gasteiger partial charge in [-0.15, -0.1) is 0 Å². The predicted octanol–water partition coefficient (Wildman–Crippen LogP) is 4.44. The van der Waals surface area contributed by atoms with E-state index in [2.05, 4.69) is 0 Å². The fraction of sp³-hybridized carbons (Fsp3) is 0. The summed E-state index contributed by atoms with van der Waals surface area (Å²) in [5, 5.41) is 1.65. The number of hydrogen-bond donors (Lipinski definition) is 0. The monoisotopic (exact) mass is 312 g/mol. The third-order valence-electron chi connectivity index (χ3n) is 2.44. The van der Waals surface area contributed by atoms with E-state index in [4.69, 9.17) is 23.2 Å². The van der Waals surface area contributed by atoms with Crippen molar-refractivity contribution in [3.63, 3.8) is 0 Å². The molecule has 0 spiro atoms. The first-order chi connectivity index (χ1) is 8.99. The van der Waals surface area contributed by atoms with Crippen molar-refractivity contribution in [3.8, 4) is 0 Å². The molecule has 0 bridgehead atoms. The van der Waals surface area contributed by atoms with E-state index < -0.39 is 9.84 Å². The molecule has 98 valence electrons. The van der Waals surface area contributed by atoms with Crippen LogP contribution in [0.1, 0.15) is 5.56 Å². The summed E-state index contributed by atoms with van der Waals surface area (Å²) in [6.07, 6.45) is 1.53. The molecule has 0 saturated carbocycles. The molecule has 0 N–H and O–H groups in total. The van der Waals surface area contributed by atoms with E-state index in [9.17, 15) is 8.42 Å². The lowest BCUT2D eigenvalue weighted by atomic mass is 10.2. The average molecular weight is 313 g/mol. The maximum Gasteiger partial charge on any atom is 0.201 e. The summed E-state index contributed by atoms with van der Waals surface area (Å²) < 4.78 is 24.2. The zero-order valence-electron chi connectivity index (χ0n) is 9.75. The molecule has 2 aromatic rings. The molecule has 0 aliphatic rings. The van der Waals surface area contributed by atoms with Gasteiger partial charge in [-0.3, -0.25) is 0 Å². The topological polar surface area (TPSA) is 34.1 Å². The first-order valence-corrected chi connectivity index (χ1v) is 7.72. The molecule has 0 fully saturated rings. The molecule has 0 aromatic heterocycles. The van der Waals surface area contributed by atoms with Gasteiger partial charge in [-0.05, 0) is 29.8 Å². The average Bonchev–Trinajstić information content (AvgIpc) is 2.37. The van der Waals surface area contributed by atoms with Crippen LogP contribution in [0.5, 0.6) is 0 Å². The second-order valence-electron chi connectivity index (χ2n) is 3.83. The smallest absolute Gasteiger partial charge is 0.201 e. The summed E-state index contributed by atoms with van der Waals surface area (Å²) in [5.41, 5.74) is 0.802. The maximum absolute atomic E-state index is 12.1. The van der Waals surface area contributed by atoms with E-state index in [0.717, 1.165) is 11.0 Å². The third kappa shape index (κ3) is 3.60.